The predicted molar refractivity (Wildman–Crippen MR) is 87.1 cm³/mol. The number of carbonyl (C=O) groups excluding carboxylic acids is 1. The largest absolute Gasteiger partial charge is 0.459 e. The highest BCUT2D eigenvalue weighted by molar-refractivity contribution is 5.90. The molecule has 0 spiro atoms. The Balaban J connectivity index is 1.79. The SMILES string of the molecule is CC(C)OC(=O)c1cccc(-c2nnn(Cc3ccccn3)n2)c1. The maximum absolute atomic E-state index is 12.0. The van der Waals surface area contributed by atoms with Gasteiger partial charge in [-0.2, -0.15) is 4.80 Å². The molecule has 0 bridgehead atoms. The van der Waals surface area contributed by atoms with Crippen LogP contribution >= 0.6 is 0 Å². The zero-order valence-electron chi connectivity index (χ0n) is 13.5. The van der Waals surface area contributed by atoms with E-state index in [-0.39, 0.29) is 12.1 Å². The Hall–Kier alpha value is -3.09. The summed E-state index contributed by atoms with van der Waals surface area (Å²) in [5, 5.41) is 12.4. The molecular formula is C17H17N5O2. The van der Waals surface area contributed by atoms with Crippen LogP contribution in [0.25, 0.3) is 11.4 Å². The number of benzene rings is 1. The second-order valence-corrected chi connectivity index (χ2v) is 5.50. The summed E-state index contributed by atoms with van der Waals surface area (Å²) in [5.74, 6) is 0.0813. The van der Waals surface area contributed by atoms with Crippen LogP contribution in [0.5, 0.6) is 0 Å². The van der Waals surface area contributed by atoms with E-state index >= 15 is 0 Å². The summed E-state index contributed by atoms with van der Waals surface area (Å²) in [4.78, 5) is 17.7. The molecule has 0 saturated carbocycles. The molecule has 3 aromatic rings. The minimum atomic E-state index is -0.368. The normalized spacial score (nSPS) is 10.8. The van der Waals surface area contributed by atoms with Crippen molar-refractivity contribution < 1.29 is 9.53 Å². The molecule has 2 heterocycles. The summed E-state index contributed by atoms with van der Waals surface area (Å²) in [7, 11) is 0. The van der Waals surface area contributed by atoms with Gasteiger partial charge in [0.1, 0.15) is 6.54 Å². The molecular weight excluding hydrogens is 306 g/mol. The van der Waals surface area contributed by atoms with Crippen molar-refractivity contribution in [3.05, 3.63) is 59.9 Å². The average Bonchev–Trinajstić information content (AvgIpc) is 3.04. The first-order valence-corrected chi connectivity index (χ1v) is 7.61. The number of tetrazole rings is 1. The van der Waals surface area contributed by atoms with E-state index in [4.69, 9.17) is 4.74 Å². The van der Waals surface area contributed by atoms with Crippen molar-refractivity contribution >= 4 is 5.97 Å². The van der Waals surface area contributed by atoms with Crippen molar-refractivity contribution in [1.82, 2.24) is 25.2 Å². The third-order valence-electron chi connectivity index (χ3n) is 3.18. The first-order valence-electron chi connectivity index (χ1n) is 7.61. The number of aromatic nitrogens is 5. The third kappa shape index (κ3) is 3.81. The van der Waals surface area contributed by atoms with E-state index in [0.29, 0.717) is 23.5 Å². The lowest BCUT2D eigenvalue weighted by atomic mass is 10.1. The van der Waals surface area contributed by atoms with Gasteiger partial charge in [0.2, 0.25) is 5.82 Å². The van der Waals surface area contributed by atoms with Gasteiger partial charge in [-0.05, 0) is 43.3 Å². The number of hydrogen-bond acceptors (Lipinski definition) is 6. The fourth-order valence-electron chi connectivity index (χ4n) is 2.13. The number of rotatable bonds is 5. The van der Waals surface area contributed by atoms with Gasteiger partial charge < -0.3 is 4.74 Å². The Labute approximate surface area is 139 Å². The van der Waals surface area contributed by atoms with E-state index in [1.807, 2.05) is 38.1 Å². The van der Waals surface area contributed by atoms with Crippen LogP contribution in [0.4, 0.5) is 0 Å². The Morgan fingerprint density at radius 2 is 2.08 bits per heavy atom. The second-order valence-electron chi connectivity index (χ2n) is 5.50. The van der Waals surface area contributed by atoms with Crippen molar-refractivity contribution in [2.45, 2.75) is 26.5 Å². The van der Waals surface area contributed by atoms with E-state index in [2.05, 4.69) is 20.4 Å². The van der Waals surface area contributed by atoms with Crippen LogP contribution in [0.2, 0.25) is 0 Å². The topological polar surface area (TPSA) is 82.8 Å². The predicted octanol–water partition coefficient (Wildman–Crippen LogP) is 2.35. The minimum Gasteiger partial charge on any atom is -0.459 e. The molecule has 7 nitrogen and oxygen atoms in total. The standard InChI is InChI=1S/C17H17N5O2/c1-12(2)24-17(23)14-7-5-6-13(10-14)16-19-21-22(20-16)11-15-8-3-4-9-18-15/h3-10,12H,11H2,1-2H3. The molecule has 0 aliphatic heterocycles. The van der Waals surface area contributed by atoms with Crippen LogP contribution < -0.4 is 0 Å². The highest BCUT2D eigenvalue weighted by Gasteiger charge is 2.12. The number of nitrogens with zero attached hydrogens (tertiary/aromatic N) is 5. The maximum Gasteiger partial charge on any atom is 0.338 e. The zero-order chi connectivity index (χ0) is 16.9. The van der Waals surface area contributed by atoms with Crippen LogP contribution in [0.1, 0.15) is 29.9 Å². The van der Waals surface area contributed by atoms with Crippen molar-refractivity contribution in [3.8, 4) is 11.4 Å². The molecule has 0 fully saturated rings. The van der Waals surface area contributed by atoms with Crippen LogP contribution in [0.15, 0.2) is 48.7 Å². The van der Waals surface area contributed by atoms with Crippen molar-refractivity contribution in [1.29, 1.82) is 0 Å². The Morgan fingerprint density at radius 1 is 1.21 bits per heavy atom. The molecule has 7 heteroatoms. The van der Waals surface area contributed by atoms with Gasteiger partial charge in [-0.3, -0.25) is 4.98 Å². The molecule has 0 aliphatic carbocycles. The smallest absolute Gasteiger partial charge is 0.338 e. The maximum atomic E-state index is 12.0. The molecule has 0 atom stereocenters. The first-order chi connectivity index (χ1) is 11.6. The van der Waals surface area contributed by atoms with Gasteiger partial charge in [-0.25, -0.2) is 4.79 Å². The molecule has 1 aromatic carbocycles. The number of pyridine rings is 1. The molecule has 0 amide bonds. The van der Waals surface area contributed by atoms with E-state index in [9.17, 15) is 4.79 Å². The van der Waals surface area contributed by atoms with E-state index in [0.717, 1.165) is 5.69 Å². The van der Waals surface area contributed by atoms with Crippen LogP contribution in [0, 0.1) is 0 Å². The van der Waals surface area contributed by atoms with Crippen LogP contribution in [0.3, 0.4) is 0 Å². The lowest BCUT2D eigenvalue weighted by Gasteiger charge is -2.08. The van der Waals surface area contributed by atoms with Gasteiger partial charge in [0.05, 0.1) is 17.4 Å². The molecule has 0 saturated heterocycles. The van der Waals surface area contributed by atoms with Gasteiger partial charge in [-0.1, -0.05) is 18.2 Å². The lowest BCUT2D eigenvalue weighted by Crippen LogP contribution is -2.11. The van der Waals surface area contributed by atoms with E-state index in [1.165, 1.54) is 4.80 Å². The van der Waals surface area contributed by atoms with Gasteiger partial charge in [-0.15, -0.1) is 10.2 Å². The quantitative estimate of drug-likeness (QED) is 0.670. The monoisotopic (exact) mass is 323 g/mol. The fourth-order valence-corrected chi connectivity index (χ4v) is 2.13. The molecule has 3 rings (SSSR count). The first kappa shape index (κ1) is 15.8. The van der Waals surface area contributed by atoms with Crippen molar-refractivity contribution in [2.24, 2.45) is 0 Å². The number of hydrogen-bond donors (Lipinski definition) is 0. The summed E-state index contributed by atoms with van der Waals surface area (Å²) >= 11 is 0. The molecule has 122 valence electrons. The van der Waals surface area contributed by atoms with Crippen LogP contribution in [-0.4, -0.2) is 37.3 Å². The summed E-state index contributed by atoms with van der Waals surface area (Å²) in [6.45, 7) is 4.06. The highest BCUT2D eigenvalue weighted by atomic mass is 16.5. The number of carbonyl (C=O) groups is 1. The molecule has 0 N–H and O–H groups in total. The minimum absolute atomic E-state index is 0.168. The molecule has 24 heavy (non-hydrogen) atoms. The molecule has 0 aliphatic rings. The molecule has 0 unspecified atom stereocenters. The Morgan fingerprint density at radius 3 is 2.83 bits per heavy atom. The average molecular weight is 323 g/mol. The molecule has 2 aromatic heterocycles. The second kappa shape index (κ2) is 6.99. The van der Waals surface area contributed by atoms with E-state index < -0.39 is 0 Å². The van der Waals surface area contributed by atoms with Gasteiger partial charge in [0, 0.05) is 11.8 Å². The van der Waals surface area contributed by atoms with Crippen molar-refractivity contribution in [3.63, 3.8) is 0 Å². The lowest BCUT2D eigenvalue weighted by molar-refractivity contribution is 0.0378. The number of ether oxygens (including phenoxy) is 1. The van der Waals surface area contributed by atoms with Gasteiger partial charge in [0.25, 0.3) is 0 Å². The van der Waals surface area contributed by atoms with Crippen molar-refractivity contribution in [2.75, 3.05) is 0 Å². The van der Waals surface area contributed by atoms with Crippen LogP contribution in [-0.2, 0) is 11.3 Å². The summed E-state index contributed by atoms with van der Waals surface area (Å²) in [6, 6.07) is 12.7. The van der Waals surface area contributed by atoms with E-state index in [1.54, 1.807) is 24.4 Å². The summed E-state index contributed by atoms with van der Waals surface area (Å²) in [6.07, 6.45) is 1.55. The fraction of sp³-hybridized carbons (Fsp3) is 0.235. The zero-order valence-corrected chi connectivity index (χ0v) is 13.5. The summed E-state index contributed by atoms with van der Waals surface area (Å²) < 4.78 is 5.20. The molecule has 0 radical (unpaired) electrons. The summed E-state index contributed by atoms with van der Waals surface area (Å²) in [5.41, 5.74) is 2.01. The third-order valence-corrected chi connectivity index (χ3v) is 3.18. The van der Waals surface area contributed by atoms with Gasteiger partial charge >= 0.3 is 5.97 Å². The Bertz CT molecular complexity index is 830. The van der Waals surface area contributed by atoms with Gasteiger partial charge in [0.15, 0.2) is 0 Å². The number of esters is 1. The highest BCUT2D eigenvalue weighted by Crippen LogP contribution is 2.16. The Kier molecular flexibility index (Phi) is 4.60.